The van der Waals surface area contributed by atoms with Crippen LogP contribution in [0.4, 0.5) is 0 Å². The number of hydrogen-bond acceptors (Lipinski definition) is 8. The van der Waals surface area contributed by atoms with E-state index in [-0.39, 0.29) is 0 Å². The average molecular weight is 912 g/mol. The molecular formula is C42H26I2O8. The summed E-state index contributed by atoms with van der Waals surface area (Å²) in [5.74, 6) is 0.0671. The first kappa shape index (κ1) is 35.1. The fourth-order valence-corrected chi connectivity index (χ4v) is 7.99. The number of rotatable bonds is 4. The lowest BCUT2D eigenvalue weighted by atomic mass is 10.1. The highest BCUT2D eigenvalue weighted by molar-refractivity contribution is 14.1. The van der Waals surface area contributed by atoms with E-state index in [0.29, 0.717) is 44.5 Å². The van der Waals surface area contributed by atoms with Crippen molar-refractivity contribution in [3.8, 4) is 44.9 Å². The molecule has 52 heavy (non-hydrogen) atoms. The zero-order chi connectivity index (χ0) is 36.5. The van der Waals surface area contributed by atoms with Crippen molar-refractivity contribution in [2.45, 2.75) is 0 Å². The maximum Gasteiger partial charge on any atom is 0.344 e. The van der Waals surface area contributed by atoms with Crippen molar-refractivity contribution >= 4 is 78.7 Å². The molecule has 0 fully saturated rings. The molecular weight excluding hydrogens is 886 g/mol. The fourth-order valence-electron chi connectivity index (χ4n) is 6.25. The number of benzene rings is 2. The second kappa shape index (κ2) is 14.7. The van der Waals surface area contributed by atoms with E-state index in [1.807, 2.05) is 97.1 Å². The summed E-state index contributed by atoms with van der Waals surface area (Å²) in [5.41, 5.74) is 4.65. The van der Waals surface area contributed by atoms with Gasteiger partial charge in [-0.1, -0.05) is 97.1 Å². The van der Waals surface area contributed by atoms with Crippen molar-refractivity contribution in [3.05, 3.63) is 160 Å². The van der Waals surface area contributed by atoms with E-state index < -0.39 is 23.2 Å². The highest BCUT2D eigenvalue weighted by Crippen LogP contribution is 2.43. The van der Waals surface area contributed by atoms with E-state index in [0.717, 1.165) is 40.2 Å². The number of carbonyl (C=O) groups is 2. The Morgan fingerprint density at radius 3 is 1.15 bits per heavy atom. The molecule has 8 nitrogen and oxygen atoms in total. The molecule has 4 aromatic rings. The number of fused-ring (bicyclic) bond motifs is 4. The molecule has 10 heteroatoms. The van der Waals surface area contributed by atoms with E-state index in [1.54, 1.807) is 24.3 Å². The lowest BCUT2D eigenvalue weighted by Crippen LogP contribution is -2.02. The molecule has 2 aromatic carbocycles. The second-order valence-corrected chi connectivity index (χ2v) is 13.7. The Kier molecular flexibility index (Phi) is 9.93. The van der Waals surface area contributed by atoms with E-state index in [9.17, 15) is 19.2 Å². The topological polar surface area (TPSA) is 113 Å². The van der Waals surface area contributed by atoms with Crippen LogP contribution in [0.3, 0.4) is 0 Å². The largest absolute Gasteiger partial charge is 0.465 e. The van der Waals surface area contributed by atoms with Gasteiger partial charge in [-0.2, -0.15) is 0 Å². The number of ether oxygens (including phenoxy) is 2. The van der Waals surface area contributed by atoms with Crippen LogP contribution in [0.1, 0.15) is 20.7 Å². The Morgan fingerprint density at radius 1 is 0.462 bits per heavy atom. The molecule has 0 spiro atoms. The van der Waals surface area contributed by atoms with Crippen LogP contribution in [0.25, 0.3) is 66.4 Å². The summed E-state index contributed by atoms with van der Waals surface area (Å²) in [5, 5.41) is 2.73. The van der Waals surface area contributed by atoms with Crippen LogP contribution < -0.4 is 11.3 Å². The van der Waals surface area contributed by atoms with Crippen molar-refractivity contribution in [1.82, 2.24) is 0 Å². The van der Waals surface area contributed by atoms with Crippen molar-refractivity contribution in [1.29, 1.82) is 0 Å². The Bertz CT molecular complexity index is 2540. The van der Waals surface area contributed by atoms with Gasteiger partial charge in [-0.15, -0.1) is 0 Å². The van der Waals surface area contributed by atoms with Gasteiger partial charge in [-0.05, 0) is 91.7 Å². The molecule has 0 bridgehead atoms. The van der Waals surface area contributed by atoms with Crippen LogP contribution in [-0.4, -0.2) is 26.2 Å². The summed E-state index contributed by atoms with van der Waals surface area (Å²) in [6.45, 7) is 0. The normalized spacial score (nSPS) is 11.0. The molecule has 0 saturated carbocycles. The van der Waals surface area contributed by atoms with E-state index in [1.165, 1.54) is 14.2 Å². The zero-order valence-electron chi connectivity index (χ0n) is 27.6. The van der Waals surface area contributed by atoms with Gasteiger partial charge in [-0.3, -0.25) is 0 Å². The van der Waals surface area contributed by atoms with Gasteiger partial charge in [0, 0.05) is 21.9 Å². The standard InChI is InChI=1S/2C21H13IO4/c2*1-25-20(23)17-11-16(12-7-3-2-4-8-13(12)17)19-18(22)14-9-5-6-10-15(14)21(24)26-19/h2*2-11H,1H3. The fraction of sp³-hybridized carbons (Fsp3) is 0.0476. The van der Waals surface area contributed by atoms with Crippen molar-refractivity contribution in [3.63, 3.8) is 0 Å². The third-order valence-electron chi connectivity index (χ3n) is 8.67. The highest BCUT2D eigenvalue weighted by Gasteiger charge is 2.26. The minimum atomic E-state index is -0.425. The average Bonchev–Trinajstić information content (AvgIpc) is 3.46. The lowest BCUT2D eigenvalue weighted by Gasteiger charge is -2.07. The molecule has 0 saturated heterocycles. The number of esters is 2. The Morgan fingerprint density at radius 2 is 0.788 bits per heavy atom. The van der Waals surface area contributed by atoms with Gasteiger partial charge in [0.25, 0.3) is 0 Å². The molecule has 0 radical (unpaired) electrons. The number of methoxy groups -OCH3 is 2. The molecule has 4 aliphatic rings. The molecule has 2 aromatic heterocycles. The van der Waals surface area contributed by atoms with Crippen LogP contribution >= 0.6 is 45.2 Å². The maximum atomic E-state index is 12.5. The highest BCUT2D eigenvalue weighted by atomic mass is 127. The molecule has 2 heterocycles. The first-order valence-electron chi connectivity index (χ1n) is 15.9. The molecule has 0 N–H and O–H groups in total. The zero-order valence-corrected chi connectivity index (χ0v) is 31.9. The first-order chi connectivity index (χ1) is 25.2. The Labute approximate surface area is 324 Å². The van der Waals surface area contributed by atoms with Gasteiger partial charge >= 0.3 is 23.2 Å². The molecule has 0 aliphatic heterocycles. The predicted octanol–water partition coefficient (Wildman–Crippen LogP) is 9.91. The van der Waals surface area contributed by atoms with Crippen molar-refractivity contribution in [2.75, 3.05) is 14.2 Å². The maximum absolute atomic E-state index is 12.5. The summed E-state index contributed by atoms with van der Waals surface area (Å²) in [4.78, 5) is 49.4. The Balaban J connectivity index is 0.000000162. The third-order valence-corrected chi connectivity index (χ3v) is 10.8. The molecule has 4 aliphatic carbocycles. The van der Waals surface area contributed by atoms with Crippen LogP contribution in [0.5, 0.6) is 0 Å². The molecule has 0 atom stereocenters. The number of halogens is 2. The van der Waals surface area contributed by atoms with E-state index in [4.69, 9.17) is 18.3 Å². The van der Waals surface area contributed by atoms with Gasteiger partial charge in [0.2, 0.25) is 0 Å². The van der Waals surface area contributed by atoms with E-state index in [2.05, 4.69) is 45.2 Å². The third kappa shape index (κ3) is 6.26. The number of carbonyl (C=O) groups excluding carboxylic acids is 2. The van der Waals surface area contributed by atoms with Crippen LogP contribution in [0.2, 0.25) is 0 Å². The minimum absolute atomic E-state index is 0.398. The SMILES string of the molecule is COC(=O)c1cc(-c2oc(=O)c3ccccc3c2I)c2cccccc1-2.COC(=O)c1cc(-c2oc(=O)c3ccccc3c2I)c2cccccc1-2. The molecule has 256 valence electrons. The van der Waals surface area contributed by atoms with Crippen molar-refractivity contribution in [2.24, 2.45) is 0 Å². The summed E-state index contributed by atoms with van der Waals surface area (Å²) < 4.78 is 22.8. The second-order valence-electron chi connectivity index (χ2n) is 11.6. The number of hydrogen-bond donors (Lipinski definition) is 0. The Hall–Kier alpha value is -5.34. The molecule has 0 unspecified atom stereocenters. The monoisotopic (exact) mass is 912 g/mol. The minimum Gasteiger partial charge on any atom is -0.465 e. The van der Waals surface area contributed by atoms with Gasteiger partial charge in [-0.25, -0.2) is 19.2 Å². The van der Waals surface area contributed by atoms with Gasteiger partial charge in [0.05, 0.1) is 43.3 Å². The van der Waals surface area contributed by atoms with Crippen LogP contribution in [0, 0.1) is 7.14 Å². The summed E-state index contributed by atoms with van der Waals surface area (Å²) >= 11 is 4.36. The quantitative estimate of drug-likeness (QED) is 0.127. The smallest absolute Gasteiger partial charge is 0.344 e. The van der Waals surface area contributed by atoms with Gasteiger partial charge < -0.3 is 18.3 Å². The summed E-state index contributed by atoms with van der Waals surface area (Å²) in [7, 11) is 2.70. The van der Waals surface area contributed by atoms with Crippen LogP contribution in [-0.2, 0) is 9.47 Å². The van der Waals surface area contributed by atoms with Crippen molar-refractivity contribution < 1.29 is 27.9 Å². The predicted molar refractivity (Wildman–Crippen MR) is 217 cm³/mol. The lowest BCUT2D eigenvalue weighted by molar-refractivity contribution is 0.0593. The van der Waals surface area contributed by atoms with Crippen LogP contribution in [0.15, 0.2) is 140 Å². The summed E-state index contributed by atoms with van der Waals surface area (Å²) in [6, 6.07) is 36.9. The molecule has 8 rings (SSSR count). The van der Waals surface area contributed by atoms with Gasteiger partial charge in [0.1, 0.15) is 0 Å². The molecule has 0 amide bonds. The van der Waals surface area contributed by atoms with E-state index >= 15 is 0 Å². The van der Waals surface area contributed by atoms with Gasteiger partial charge in [0.15, 0.2) is 11.5 Å². The summed E-state index contributed by atoms with van der Waals surface area (Å²) in [6.07, 6.45) is 0. The first-order valence-corrected chi connectivity index (χ1v) is 18.0.